The Balaban J connectivity index is 1.22. The van der Waals surface area contributed by atoms with Gasteiger partial charge in [-0.2, -0.15) is 5.10 Å². The van der Waals surface area contributed by atoms with Crippen molar-refractivity contribution in [2.24, 2.45) is 7.05 Å². The number of anilines is 1. The first kappa shape index (κ1) is 24.1. The molecule has 1 atom stereocenters. The lowest BCUT2D eigenvalue weighted by molar-refractivity contribution is -0.124. The lowest BCUT2D eigenvalue weighted by Gasteiger charge is -2.36. The molecule has 1 unspecified atom stereocenters. The molecule has 8 nitrogen and oxygen atoms in total. The van der Waals surface area contributed by atoms with Gasteiger partial charge in [0, 0.05) is 56.2 Å². The summed E-state index contributed by atoms with van der Waals surface area (Å²) in [4.78, 5) is 31.3. The van der Waals surface area contributed by atoms with Gasteiger partial charge in [0.2, 0.25) is 5.91 Å². The number of fused-ring (bicyclic) bond motifs is 3. The lowest BCUT2D eigenvalue weighted by Crippen LogP contribution is -2.47. The fourth-order valence-electron chi connectivity index (χ4n) is 5.30. The predicted molar refractivity (Wildman–Crippen MR) is 145 cm³/mol. The molecule has 1 amide bonds. The molecule has 0 saturated carbocycles. The molecule has 1 fully saturated rings. The maximum atomic E-state index is 13.3. The quantitative estimate of drug-likeness (QED) is 0.387. The van der Waals surface area contributed by atoms with Gasteiger partial charge in [0.1, 0.15) is 11.6 Å². The summed E-state index contributed by atoms with van der Waals surface area (Å²) in [6.07, 6.45) is 3.20. The summed E-state index contributed by atoms with van der Waals surface area (Å²) in [5.74, 6) is -0.0482. The number of hydrogen-bond donors (Lipinski definition) is 1. The zero-order valence-corrected chi connectivity index (χ0v) is 21.1. The van der Waals surface area contributed by atoms with Crippen LogP contribution in [0.3, 0.4) is 0 Å². The van der Waals surface area contributed by atoms with E-state index >= 15 is 0 Å². The summed E-state index contributed by atoms with van der Waals surface area (Å²) in [5, 5.41) is 9.08. The standard InChI is InChI=1S/C28H34N6O2/c1-3-24(34-25-13-8-7-12-22(25)23-20-30-31(2)28(36)26(23)34)27(35)29-14-9-15-32-16-18-33(19-17-32)21-10-5-4-6-11-21/h4-8,10-13,20,24H,3,9,14-19H2,1-2H3,(H,29,35). The average molecular weight is 487 g/mol. The molecule has 8 heteroatoms. The van der Waals surface area contributed by atoms with E-state index in [0.717, 1.165) is 55.4 Å². The average Bonchev–Trinajstić information content (AvgIpc) is 3.25. The van der Waals surface area contributed by atoms with Crippen LogP contribution >= 0.6 is 0 Å². The van der Waals surface area contributed by atoms with Crippen LogP contribution in [0.2, 0.25) is 0 Å². The Labute approximate surface area is 211 Å². The van der Waals surface area contributed by atoms with Crippen LogP contribution in [0.5, 0.6) is 0 Å². The molecule has 0 aliphatic carbocycles. The minimum atomic E-state index is -0.461. The third-order valence-electron chi connectivity index (χ3n) is 7.25. The molecule has 2 aromatic carbocycles. The van der Waals surface area contributed by atoms with Crippen molar-refractivity contribution in [3.63, 3.8) is 0 Å². The summed E-state index contributed by atoms with van der Waals surface area (Å²) in [7, 11) is 1.64. The molecule has 188 valence electrons. The Morgan fingerprint density at radius 1 is 1.00 bits per heavy atom. The van der Waals surface area contributed by atoms with Gasteiger partial charge in [-0.25, -0.2) is 4.68 Å². The minimum Gasteiger partial charge on any atom is -0.369 e. The second-order valence-corrected chi connectivity index (χ2v) is 9.46. The van der Waals surface area contributed by atoms with E-state index in [1.54, 1.807) is 13.2 Å². The van der Waals surface area contributed by atoms with Crippen molar-refractivity contribution in [2.45, 2.75) is 25.8 Å². The van der Waals surface area contributed by atoms with Gasteiger partial charge in [0.15, 0.2) is 0 Å². The number of carbonyl (C=O) groups excluding carboxylic acids is 1. The van der Waals surface area contributed by atoms with Crippen molar-refractivity contribution < 1.29 is 4.79 Å². The van der Waals surface area contributed by atoms with Crippen molar-refractivity contribution in [3.05, 3.63) is 71.1 Å². The van der Waals surface area contributed by atoms with E-state index in [0.29, 0.717) is 18.5 Å². The number of rotatable bonds is 8. The zero-order chi connectivity index (χ0) is 25.1. The molecule has 4 aromatic rings. The van der Waals surface area contributed by atoms with Gasteiger partial charge in [-0.05, 0) is 37.6 Å². The Morgan fingerprint density at radius 3 is 2.47 bits per heavy atom. The molecule has 0 spiro atoms. The highest BCUT2D eigenvalue weighted by Gasteiger charge is 2.25. The van der Waals surface area contributed by atoms with Crippen LogP contribution in [-0.4, -0.2) is 64.4 Å². The van der Waals surface area contributed by atoms with E-state index < -0.39 is 6.04 Å². The highest BCUT2D eigenvalue weighted by atomic mass is 16.2. The van der Waals surface area contributed by atoms with E-state index in [1.165, 1.54) is 10.4 Å². The monoisotopic (exact) mass is 486 g/mol. The Morgan fingerprint density at radius 2 is 1.72 bits per heavy atom. The topological polar surface area (TPSA) is 75.4 Å². The molecule has 1 N–H and O–H groups in total. The summed E-state index contributed by atoms with van der Waals surface area (Å²) >= 11 is 0. The minimum absolute atomic E-state index is 0.0482. The maximum absolute atomic E-state index is 13.3. The summed E-state index contributed by atoms with van der Waals surface area (Å²) in [5.41, 5.74) is 2.51. The lowest BCUT2D eigenvalue weighted by atomic mass is 10.2. The Kier molecular flexibility index (Phi) is 7.04. The van der Waals surface area contributed by atoms with E-state index in [9.17, 15) is 9.59 Å². The van der Waals surface area contributed by atoms with E-state index in [-0.39, 0.29) is 11.5 Å². The molecule has 1 aliphatic heterocycles. The van der Waals surface area contributed by atoms with Crippen LogP contribution in [0.15, 0.2) is 65.6 Å². The van der Waals surface area contributed by atoms with Crippen LogP contribution in [0.25, 0.3) is 21.8 Å². The number of para-hydroxylation sites is 2. The molecule has 0 radical (unpaired) electrons. The molecular weight excluding hydrogens is 452 g/mol. The Bertz CT molecular complexity index is 1400. The predicted octanol–water partition coefficient (Wildman–Crippen LogP) is 3.17. The second kappa shape index (κ2) is 10.5. The first-order valence-corrected chi connectivity index (χ1v) is 12.8. The van der Waals surface area contributed by atoms with Crippen molar-refractivity contribution in [2.75, 3.05) is 44.2 Å². The molecule has 36 heavy (non-hydrogen) atoms. The number of nitrogens with one attached hydrogen (secondary N) is 1. The van der Waals surface area contributed by atoms with Crippen LogP contribution in [0, 0.1) is 0 Å². The number of piperazine rings is 1. The number of nitrogens with zero attached hydrogens (tertiary/aromatic N) is 5. The van der Waals surface area contributed by atoms with Crippen molar-refractivity contribution in [3.8, 4) is 0 Å². The molecule has 5 rings (SSSR count). The van der Waals surface area contributed by atoms with Crippen molar-refractivity contribution >= 4 is 33.4 Å². The number of carbonyl (C=O) groups is 1. The largest absolute Gasteiger partial charge is 0.369 e. The van der Waals surface area contributed by atoms with E-state index in [1.807, 2.05) is 35.8 Å². The number of hydrogen-bond acceptors (Lipinski definition) is 5. The molecule has 1 saturated heterocycles. The Hall–Kier alpha value is -3.65. The van der Waals surface area contributed by atoms with Crippen LogP contribution in [0.1, 0.15) is 25.8 Å². The zero-order valence-electron chi connectivity index (χ0n) is 21.1. The van der Waals surface area contributed by atoms with Crippen LogP contribution in [0.4, 0.5) is 5.69 Å². The highest BCUT2D eigenvalue weighted by Crippen LogP contribution is 2.30. The SMILES string of the molecule is CCC(C(=O)NCCCN1CCN(c2ccccc2)CC1)n1c2ccccc2c2cnn(C)c(=O)c21. The molecule has 0 bridgehead atoms. The molecule has 2 aromatic heterocycles. The van der Waals surface area contributed by atoms with Gasteiger partial charge in [0.05, 0.1) is 11.7 Å². The highest BCUT2D eigenvalue weighted by molar-refractivity contribution is 6.08. The van der Waals surface area contributed by atoms with Gasteiger partial charge >= 0.3 is 0 Å². The summed E-state index contributed by atoms with van der Waals surface area (Å²) in [6.45, 7) is 7.66. The van der Waals surface area contributed by atoms with Crippen molar-refractivity contribution in [1.29, 1.82) is 0 Å². The third kappa shape index (κ3) is 4.60. The van der Waals surface area contributed by atoms with Crippen LogP contribution < -0.4 is 15.8 Å². The number of aromatic nitrogens is 3. The van der Waals surface area contributed by atoms with Gasteiger partial charge in [0.25, 0.3) is 5.56 Å². The maximum Gasteiger partial charge on any atom is 0.291 e. The normalized spacial score (nSPS) is 15.4. The van der Waals surface area contributed by atoms with Gasteiger partial charge in [-0.1, -0.05) is 43.3 Å². The number of benzene rings is 2. The molecule has 1 aliphatic rings. The first-order chi connectivity index (χ1) is 17.6. The number of amides is 1. The summed E-state index contributed by atoms with van der Waals surface area (Å²) < 4.78 is 3.24. The van der Waals surface area contributed by atoms with E-state index in [4.69, 9.17) is 0 Å². The second-order valence-electron chi connectivity index (χ2n) is 9.46. The fourth-order valence-corrected chi connectivity index (χ4v) is 5.30. The summed E-state index contributed by atoms with van der Waals surface area (Å²) in [6, 6.07) is 17.9. The fraction of sp³-hybridized carbons (Fsp3) is 0.393. The third-order valence-corrected chi connectivity index (χ3v) is 7.25. The van der Waals surface area contributed by atoms with Crippen LogP contribution in [-0.2, 0) is 11.8 Å². The van der Waals surface area contributed by atoms with Gasteiger partial charge in [-0.3, -0.25) is 14.5 Å². The first-order valence-electron chi connectivity index (χ1n) is 12.8. The van der Waals surface area contributed by atoms with E-state index in [2.05, 4.69) is 50.5 Å². The van der Waals surface area contributed by atoms with Gasteiger partial charge in [-0.15, -0.1) is 0 Å². The molecule has 3 heterocycles. The smallest absolute Gasteiger partial charge is 0.291 e. The van der Waals surface area contributed by atoms with Gasteiger partial charge < -0.3 is 14.8 Å². The number of aryl methyl sites for hydroxylation is 1. The van der Waals surface area contributed by atoms with Crippen molar-refractivity contribution in [1.82, 2.24) is 24.6 Å². The molecular formula is C28H34N6O2.